The van der Waals surface area contributed by atoms with Crippen LogP contribution in [0.15, 0.2) is 0 Å². The second-order valence-electron chi connectivity index (χ2n) is 7.21. The Hall–Kier alpha value is 0.690. The van der Waals surface area contributed by atoms with Crippen LogP contribution in [0.5, 0.6) is 0 Å². The van der Waals surface area contributed by atoms with Crippen LogP contribution in [0.25, 0.3) is 0 Å². The van der Waals surface area contributed by atoms with Crippen molar-refractivity contribution in [1.29, 1.82) is 0 Å². The van der Waals surface area contributed by atoms with Crippen LogP contribution in [-0.4, -0.2) is 30.3 Å². The normalized spacial score (nSPS) is 16.1. The van der Waals surface area contributed by atoms with Crippen molar-refractivity contribution in [3.63, 3.8) is 0 Å². The van der Waals surface area contributed by atoms with Crippen LogP contribution < -0.4 is 0 Å². The minimum absolute atomic E-state index is 0.0499. The van der Waals surface area contributed by atoms with Crippen molar-refractivity contribution in [2.75, 3.05) is 5.49 Å². The Morgan fingerprint density at radius 2 is 1.39 bits per heavy atom. The molecule has 0 saturated heterocycles. The quantitative estimate of drug-likeness (QED) is 0.486. The van der Waals surface area contributed by atoms with E-state index in [4.69, 9.17) is 16.4 Å². The molecule has 0 saturated carbocycles. The first-order valence-electron chi connectivity index (χ1n) is 6.26. The van der Waals surface area contributed by atoms with Crippen molar-refractivity contribution in [2.24, 2.45) is 0 Å². The molecule has 112 valence electrons. The maximum atomic E-state index is 12.1. The molecule has 0 aliphatic heterocycles. The molecule has 0 aromatic carbocycles. The van der Waals surface area contributed by atoms with Crippen LogP contribution in [0.3, 0.4) is 0 Å². The zero-order valence-corrected chi connectivity index (χ0v) is 15.6. The van der Waals surface area contributed by atoms with E-state index in [0.29, 0.717) is 0 Å². The van der Waals surface area contributed by atoms with E-state index in [9.17, 15) is 8.42 Å². The molecule has 0 fully saturated rings. The molecule has 0 aromatic heterocycles. The number of hydrogen-bond acceptors (Lipinski definition) is 4. The summed E-state index contributed by atoms with van der Waals surface area (Å²) in [5, 5.41) is -0.246. The Labute approximate surface area is 119 Å². The molecular weight excluding hydrogens is 287 g/mol. The first-order valence-corrected chi connectivity index (χ1v) is 11.3. The third kappa shape index (κ3) is 4.66. The van der Waals surface area contributed by atoms with Gasteiger partial charge in [0.1, 0.15) is 0 Å². The van der Waals surface area contributed by atoms with E-state index in [1.165, 1.54) is 0 Å². The van der Waals surface area contributed by atoms with Gasteiger partial charge in [0, 0.05) is 0 Å². The van der Waals surface area contributed by atoms with Crippen molar-refractivity contribution in [3.8, 4) is 0 Å². The second kappa shape index (κ2) is 5.59. The van der Waals surface area contributed by atoms with Gasteiger partial charge in [-0.25, -0.2) is 0 Å². The average molecular weight is 316 g/mol. The van der Waals surface area contributed by atoms with Crippen LogP contribution in [-0.2, 0) is 14.3 Å². The molecule has 0 atom stereocenters. The van der Waals surface area contributed by atoms with Crippen LogP contribution in [0, 0.1) is 0 Å². The number of hydrogen-bond donors (Lipinski definition) is 1. The molecule has 0 N–H and O–H groups in total. The zero-order valence-electron chi connectivity index (χ0n) is 12.9. The molecule has 0 heterocycles. The topological polar surface area (TPSA) is 43.4 Å². The first-order chi connectivity index (χ1) is 7.62. The fourth-order valence-corrected chi connectivity index (χ4v) is 12.2. The van der Waals surface area contributed by atoms with E-state index in [1.54, 1.807) is 13.8 Å². The third-order valence-corrected chi connectivity index (χ3v) is 17.1. The molecule has 0 aliphatic rings. The molecule has 0 aliphatic carbocycles. The van der Waals surface area contributed by atoms with Gasteiger partial charge < -0.3 is 0 Å². The summed E-state index contributed by atoms with van der Waals surface area (Å²) in [5.41, 5.74) is 0.0499. The van der Waals surface area contributed by atoms with E-state index in [0.717, 1.165) is 0 Å². The fourth-order valence-electron chi connectivity index (χ4n) is 2.14. The van der Waals surface area contributed by atoms with Crippen molar-refractivity contribution >= 4 is 28.8 Å². The third-order valence-electron chi connectivity index (χ3n) is 3.21. The Morgan fingerprint density at radius 3 is 1.61 bits per heavy atom. The van der Waals surface area contributed by atoms with Crippen LogP contribution in [0.2, 0.25) is 0 Å². The molecule has 0 unspecified atom stereocenters. The molecule has 0 spiro atoms. The molecule has 0 bridgehead atoms. The van der Waals surface area contributed by atoms with Crippen molar-refractivity contribution in [3.05, 3.63) is 0 Å². The summed E-state index contributed by atoms with van der Waals surface area (Å²) in [5.74, 6) is 0. The Morgan fingerprint density at radius 1 is 1.06 bits per heavy atom. The average Bonchev–Trinajstić information content (AvgIpc) is 1.94. The predicted octanol–water partition coefficient (Wildman–Crippen LogP) is 3.89. The Bertz CT molecular complexity index is 361. The molecule has 6 heteroatoms. The van der Waals surface area contributed by atoms with E-state index in [2.05, 4.69) is 41.5 Å². The molecule has 3 nitrogen and oxygen atoms in total. The van der Waals surface area contributed by atoms with Gasteiger partial charge in [-0.2, -0.15) is 0 Å². The van der Waals surface area contributed by atoms with E-state index in [1.807, 2.05) is 0 Å². The molecule has 0 amide bonds. The summed E-state index contributed by atoms with van der Waals surface area (Å²) in [7, 11) is -3.52. The van der Waals surface area contributed by atoms with Gasteiger partial charge in [-0.05, 0) is 0 Å². The molecule has 18 heavy (non-hydrogen) atoms. The summed E-state index contributed by atoms with van der Waals surface area (Å²) >= 11 is 4.88. The summed E-state index contributed by atoms with van der Waals surface area (Å²) < 4.78 is 29.3. The minimum atomic E-state index is -3.52. The van der Waals surface area contributed by atoms with Gasteiger partial charge in [0.25, 0.3) is 0 Å². The van der Waals surface area contributed by atoms with E-state index < -0.39 is 16.6 Å². The van der Waals surface area contributed by atoms with Crippen LogP contribution in [0.1, 0.15) is 55.4 Å². The number of thiol groups is 1. The van der Waals surface area contributed by atoms with Gasteiger partial charge in [0.2, 0.25) is 0 Å². The SMILES string of the molecule is CC(C)OS(=O)(=O)C[PH](S)(C(C)(C)C)C(C)(C)C. The van der Waals surface area contributed by atoms with Gasteiger partial charge in [-0.1, -0.05) is 0 Å². The van der Waals surface area contributed by atoms with Crippen molar-refractivity contribution in [2.45, 2.75) is 71.8 Å². The molecular formula is C12H29O3PS2. The monoisotopic (exact) mass is 316 g/mol. The Kier molecular flexibility index (Phi) is 5.80. The predicted molar refractivity (Wildman–Crippen MR) is 86.8 cm³/mol. The summed E-state index contributed by atoms with van der Waals surface area (Å²) in [6.45, 7) is 13.5. The number of rotatable bonds is 4. The van der Waals surface area contributed by atoms with E-state index >= 15 is 0 Å². The zero-order chi connectivity index (χ0) is 15.0. The van der Waals surface area contributed by atoms with E-state index in [-0.39, 0.29) is 21.9 Å². The first kappa shape index (κ1) is 18.7. The molecule has 0 radical (unpaired) electrons. The summed E-state index contributed by atoms with van der Waals surface area (Å²) in [6.07, 6.45) is -0.318. The second-order valence-corrected chi connectivity index (χ2v) is 16.7. The Balaban J connectivity index is 5.44. The summed E-state index contributed by atoms with van der Waals surface area (Å²) in [6, 6.07) is 0. The molecule has 0 aromatic rings. The van der Waals surface area contributed by atoms with Gasteiger partial charge in [-0.3, -0.25) is 0 Å². The standard InChI is InChI=1S/C12H29O3PS2/c1-10(2)15-18(13,14)9-16(17,11(3,4)5)12(6,7)8/h10,16-17H,9H2,1-8H3. The fraction of sp³-hybridized carbons (Fsp3) is 1.00. The van der Waals surface area contributed by atoms with Crippen molar-refractivity contribution in [1.82, 2.24) is 0 Å². The van der Waals surface area contributed by atoms with Crippen molar-refractivity contribution < 1.29 is 12.6 Å². The summed E-state index contributed by atoms with van der Waals surface area (Å²) in [4.78, 5) is 0. The maximum absolute atomic E-state index is 12.1. The van der Waals surface area contributed by atoms with Gasteiger partial charge in [-0.15, -0.1) is 0 Å². The van der Waals surface area contributed by atoms with Crippen LogP contribution >= 0.6 is 18.7 Å². The molecule has 0 rings (SSSR count). The van der Waals surface area contributed by atoms with Crippen LogP contribution in [0.4, 0.5) is 0 Å². The van der Waals surface area contributed by atoms with Gasteiger partial charge in [0.15, 0.2) is 0 Å². The van der Waals surface area contributed by atoms with Gasteiger partial charge in [0.05, 0.1) is 0 Å². The van der Waals surface area contributed by atoms with Gasteiger partial charge >= 0.3 is 119 Å².